The first-order valence-electron chi connectivity index (χ1n) is 5.01. The number of H-pyrrole nitrogens is 1. The third-order valence-electron chi connectivity index (χ3n) is 2.23. The van der Waals surface area contributed by atoms with Crippen LogP contribution in [-0.4, -0.2) is 15.0 Å². The van der Waals surface area contributed by atoms with Crippen LogP contribution in [-0.2, 0) is 6.54 Å². The van der Waals surface area contributed by atoms with Gasteiger partial charge >= 0.3 is 0 Å². The minimum Gasteiger partial charge on any atom is -0.348 e. The standard InChI is InChI=1S/C10H14N4S/c1-2-8(10-13-5-6-15-10)14-7-9-11-3-4-12-9/h3-6,8,14H,2,7H2,1H3,(H,11,12). The molecule has 0 aromatic carbocycles. The summed E-state index contributed by atoms with van der Waals surface area (Å²) < 4.78 is 0. The number of nitrogens with zero attached hydrogens (tertiary/aromatic N) is 2. The molecule has 2 aromatic heterocycles. The van der Waals surface area contributed by atoms with Crippen LogP contribution in [0.4, 0.5) is 0 Å². The van der Waals surface area contributed by atoms with Crippen LogP contribution < -0.4 is 5.32 Å². The zero-order valence-corrected chi connectivity index (χ0v) is 9.42. The Labute approximate surface area is 92.8 Å². The van der Waals surface area contributed by atoms with Crippen molar-refractivity contribution < 1.29 is 0 Å². The fourth-order valence-corrected chi connectivity index (χ4v) is 2.22. The Hall–Kier alpha value is -1.20. The zero-order chi connectivity index (χ0) is 10.5. The molecule has 0 aliphatic heterocycles. The van der Waals surface area contributed by atoms with Gasteiger partial charge in [-0.25, -0.2) is 9.97 Å². The van der Waals surface area contributed by atoms with Crippen molar-refractivity contribution in [2.75, 3.05) is 0 Å². The molecule has 1 atom stereocenters. The highest BCUT2D eigenvalue weighted by Crippen LogP contribution is 2.18. The average Bonchev–Trinajstić information content (AvgIpc) is 2.90. The lowest BCUT2D eigenvalue weighted by molar-refractivity contribution is 0.508. The molecule has 0 radical (unpaired) electrons. The highest BCUT2D eigenvalue weighted by molar-refractivity contribution is 7.09. The first-order valence-corrected chi connectivity index (χ1v) is 5.89. The second-order valence-corrected chi connectivity index (χ2v) is 4.17. The predicted octanol–water partition coefficient (Wildman–Crippen LogP) is 2.11. The largest absolute Gasteiger partial charge is 0.348 e. The van der Waals surface area contributed by atoms with E-state index in [9.17, 15) is 0 Å². The van der Waals surface area contributed by atoms with Gasteiger partial charge in [-0.1, -0.05) is 6.92 Å². The lowest BCUT2D eigenvalue weighted by atomic mass is 10.2. The maximum Gasteiger partial charge on any atom is 0.120 e. The van der Waals surface area contributed by atoms with Crippen molar-refractivity contribution in [3.8, 4) is 0 Å². The Balaban J connectivity index is 1.92. The smallest absolute Gasteiger partial charge is 0.120 e. The van der Waals surface area contributed by atoms with Gasteiger partial charge in [0.05, 0.1) is 12.6 Å². The first kappa shape index (κ1) is 10.3. The van der Waals surface area contributed by atoms with E-state index in [1.165, 1.54) is 0 Å². The highest BCUT2D eigenvalue weighted by Gasteiger charge is 2.11. The minimum atomic E-state index is 0.329. The number of rotatable bonds is 5. The lowest BCUT2D eigenvalue weighted by Gasteiger charge is -2.12. The van der Waals surface area contributed by atoms with Gasteiger partial charge in [0.2, 0.25) is 0 Å². The van der Waals surface area contributed by atoms with E-state index >= 15 is 0 Å². The monoisotopic (exact) mass is 222 g/mol. The van der Waals surface area contributed by atoms with Crippen molar-refractivity contribution >= 4 is 11.3 Å². The molecule has 0 spiro atoms. The summed E-state index contributed by atoms with van der Waals surface area (Å²) in [6.45, 7) is 2.91. The molecule has 15 heavy (non-hydrogen) atoms. The molecule has 0 bridgehead atoms. The summed E-state index contributed by atoms with van der Waals surface area (Å²) in [4.78, 5) is 11.6. The number of hydrogen-bond acceptors (Lipinski definition) is 4. The van der Waals surface area contributed by atoms with Crippen molar-refractivity contribution in [3.63, 3.8) is 0 Å². The van der Waals surface area contributed by atoms with Crippen LogP contribution in [0, 0.1) is 0 Å². The highest BCUT2D eigenvalue weighted by atomic mass is 32.1. The molecule has 2 heterocycles. The number of nitrogens with one attached hydrogen (secondary N) is 2. The quantitative estimate of drug-likeness (QED) is 0.814. The molecule has 0 saturated carbocycles. The van der Waals surface area contributed by atoms with Crippen LogP contribution in [0.1, 0.15) is 30.2 Å². The molecule has 4 nitrogen and oxygen atoms in total. The van der Waals surface area contributed by atoms with Crippen molar-refractivity contribution in [2.24, 2.45) is 0 Å². The van der Waals surface area contributed by atoms with Crippen LogP contribution in [0.5, 0.6) is 0 Å². The van der Waals surface area contributed by atoms with Gasteiger partial charge < -0.3 is 10.3 Å². The average molecular weight is 222 g/mol. The summed E-state index contributed by atoms with van der Waals surface area (Å²) in [5.41, 5.74) is 0. The molecule has 2 aromatic rings. The van der Waals surface area contributed by atoms with Crippen molar-refractivity contribution in [3.05, 3.63) is 34.8 Å². The summed E-state index contributed by atoms with van der Waals surface area (Å²) in [5, 5.41) is 6.58. The third kappa shape index (κ3) is 2.64. The second kappa shape index (κ2) is 5.04. The molecule has 0 amide bonds. The van der Waals surface area contributed by atoms with Crippen molar-refractivity contribution in [1.29, 1.82) is 0 Å². The summed E-state index contributed by atoms with van der Waals surface area (Å²) in [5.74, 6) is 0.963. The van der Waals surface area contributed by atoms with Crippen LogP contribution in [0.25, 0.3) is 0 Å². The van der Waals surface area contributed by atoms with Gasteiger partial charge in [0.15, 0.2) is 0 Å². The molecule has 80 valence electrons. The van der Waals surface area contributed by atoms with Gasteiger partial charge in [-0.2, -0.15) is 0 Å². The fraction of sp³-hybridized carbons (Fsp3) is 0.400. The van der Waals surface area contributed by atoms with Crippen molar-refractivity contribution in [1.82, 2.24) is 20.3 Å². The molecule has 2 N–H and O–H groups in total. The topological polar surface area (TPSA) is 53.6 Å². The van der Waals surface area contributed by atoms with E-state index in [4.69, 9.17) is 0 Å². The Morgan fingerprint density at radius 1 is 1.47 bits per heavy atom. The fourth-order valence-electron chi connectivity index (χ4n) is 1.43. The van der Waals surface area contributed by atoms with Gasteiger partial charge in [-0.15, -0.1) is 11.3 Å². The van der Waals surface area contributed by atoms with E-state index in [1.807, 2.05) is 17.8 Å². The normalized spacial score (nSPS) is 12.9. The minimum absolute atomic E-state index is 0.329. The van der Waals surface area contributed by atoms with E-state index in [2.05, 4.69) is 27.2 Å². The number of imidazole rings is 1. The molecular weight excluding hydrogens is 208 g/mol. The molecule has 1 unspecified atom stereocenters. The van der Waals surface area contributed by atoms with Gasteiger partial charge in [0.25, 0.3) is 0 Å². The number of thiazole rings is 1. The Kier molecular flexibility index (Phi) is 3.47. The van der Waals surface area contributed by atoms with Crippen LogP contribution in [0.3, 0.4) is 0 Å². The van der Waals surface area contributed by atoms with Gasteiger partial charge in [-0.05, 0) is 6.42 Å². The van der Waals surface area contributed by atoms with Crippen molar-refractivity contribution in [2.45, 2.75) is 25.9 Å². The van der Waals surface area contributed by atoms with E-state index in [1.54, 1.807) is 17.5 Å². The molecule has 2 rings (SSSR count). The Morgan fingerprint density at radius 2 is 2.40 bits per heavy atom. The van der Waals surface area contributed by atoms with E-state index in [-0.39, 0.29) is 0 Å². The molecule has 0 aliphatic carbocycles. The SMILES string of the molecule is CCC(NCc1ncc[nH]1)c1nccs1. The maximum atomic E-state index is 4.31. The molecule has 0 saturated heterocycles. The van der Waals surface area contributed by atoms with Crippen LogP contribution in [0.2, 0.25) is 0 Å². The van der Waals surface area contributed by atoms with Crippen LogP contribution in [0.15, 0.2) is 24.0 Å². The maximum absolute atomic E-state index is 4.31. The Morgan fingerprint density at radius 3 is 3.00 bits per heavy atom. The van der Waals surface area contributed by atoms with Crippen LogP contribution >= 0.6 is 11.3 Å². The summed E-state index contributed by atoms with van der Waals surface area (Å²) >= 11 is 1.69. The summed E-state index contributed by atoms with van der Waals surface area (Å²) in [7, 11) is 0. The Bertz CT molecular complexity index is 368. The molecule has 0 fully saturated rings. The van der Waals surface area contributed by atoms with E-state index < -0.39 is 0 Å². The summed E-state index contributed by atoms with van der Waals surface area (Å²) in [6.07, 6.45) is 6.48. The van der Waals surface area contributed by atoms with E-state index in [0.717, 1.165) is 23.8 Å². The zero-order valence-electron chi connectivity index (χ0n) is 8.60. The second-order valence-electron chi connectivity index (χ2n) is 3.25. The molecule has 0 aliphatic rings. The predicted molar refractivity (Wildman–Crippen MR) is 60.6 cm³/mol. The molecular formula is C10H14N4S. The first-order chi connectivity index (χ1) is 7.40. The summed E-state index contributed by atoms with van der Waals surface area (Å²) in [6, 6.07) is 0.329. The third-order valence-corrected chi connectivity index (χ3v) is 3.12. The number of aromatic nitrogens is 3. The molecule has 5 heteroatoms. The van der Waals surface area contributed by atoms with Gasteiger partial charge in [0, 0.05) is 24.0 Å². The van der Waals surface area contributed by atoms with Gasteiger partial charge in [-0.3, -0.25) is 0 Å². The van der Waals surface area contributed by atoms with E-state index in [0.29, 0.717) is 6.04 Å². The lowest BCUT2D eigenvalue weighted by Crippen LogP contribution is -2.20. The number of hydrogen-bond donors (Lipinski definition) is 2. The number of aromatic amines is 1. The van der Waals surface area contributed by atoms with Gasteiger partial charge in [0.1, 0.15) is 10.8 Å².